The van der Waals surface area contributed by atoms with Gasteiger partial charge in [-0.1, -0.05) is 23.8 Å². The maximum Gasteiger partial charge on any atom is 0.125 e. The van der Waals surface area contributed by atoms with Crippen molar-refractivity contribution in [3.63, 3.8) is 0 Å². The van der Waals surface area contributed by atoms with Gasteiger partial charge < -0.3 is 15.2 Å². The zero-order chi connectivity index (χ0) is 15.4. The van der Waals surface area contributed by atoms with Crippen molar-refractivity contribution in [3.05, 3.63) is 58.7 Å². The molecule has 1 atom stereocenters. The van der Waals surface area contributed by atoms with E-state index in [0.717, 1.165) is 28.2 Å². The van der Waals surface area contributed by atoms with Gasteiger partial charge in [-0.25, -0.2) is 0 Å². The van der Waals surface area contributed by atoms with Crippen LogP contribution < -0.4 is 15.2 Å². The molecule has 3 nitrogen and oxygen atoms in total. The lowest BCUT2D eigenvalue weighted by molar-refractivity contribution is 0.292. The number of hydrogen-bond acceptors (Lipinski definition) is 3. The van der Waals surface area contributed by atoms with E-state index < -0.39 is 0 Å². The van der Waals surface area contributed by atoms with E-state index in [1.807, 2.05) is 38.1 Å². The minimum absolute atomic E-state index is 0.0556. The molecule has 21 heavy (non-hydrogen) atoms. The summed E-state index contributed by atoms with van der Waals surface area (Å²) < 4.78 is 11.4. The molecule has 0 heterocycles. The van der Waals surface area contributed by atoms with Crippen LogP contribution in [-0.4, -0.2) is 7.11 Å². The molecule has 2 N–H and O–H groups in total. The number of nitrogens with two attached hydrogens (primary N) is 1. The second-order valence-electron chi connectivity index (χ2n) is 5.43. The molecule has 0 aliphatic rings. The zero-order valence-corrected chi connectivity index (χ0v) is 13.1. The SMILES string of the molecule is COc1ccc(C)cc1COc1cc(C)ccc1C(C)N. The zero-order valence-electron chi connectivity index (χ0n) is 13.1. The fourth-order valence-corrected chi connectivity index (χ4v) is 2.32. The van der Waals surface area contributed by atoms with Gasteiger partial charge in [-0.05, 0) is 44.5 Å². The summed E-state index contributed by atoms with van der Waals surface area (Å²) in [6.45, 7) is 6.53. The minimum atomic E-state index is -0.0556. The van der Waals surface area contributed by atoms with Crippen LogP contribution in [0, 0.1) is 13.8 Å². The van der Waals surface area contributed by atoms with Crippen molar-refractivity contribution in [2.24, 2.45) is 5.73 Å². The Labute approximate surface area is 126 Å². The normalized spacial score (nSPS) is 12.0. The third-order valence-electron chi connectivity index (χ3n) is 3.48. The molecule has 0 aliphatic heterocycles. The third kappa shape index (κ3) is 3.76. The first-order valence-electron chi connectivity index (χ1n) is 7.13. The standard InChI is InChI=1S/C18H23NO2/c1-12-6-8-17(20-4)15(9-12)11-21-18-10-13(2)5-7-16(18)14(3)19/h5-10,14H,11,19H2,1-4H3. The molecule has 0 fully saturated rings. The lowest BCUT2D eigenvalue weighted by Crippen LogP contribution is -2.08. The van der Waals surface area contributed by atoms with E-state index in [0.29, 0.717) is 6.61 Å². The van der Waals surface area contributed by atoms with E-state index in [2.05, 4.69) is 19.1 Å². The van der Waals surface area contributed by atoms with Gasteiger partial charge >= 0.3 is 0 Å². The van der Waals surface area contributed by atoms with Crippen molar-refractivity contribution in [2.45, 2.75) is 33.4 Å². The molecule has 2 rings (SSSR count). The number of hydrogen-bond donors (Lipinski definition) is 1. The second-order valence-corrected chi connectivity index (χ2v) is 5.43. The number of benzene rings is 2. The van der Waals surface area contributed by atoms with E-state index >= 15 is 0 Å². The monoisotopic (exact) mass is 285 g/mol. The molecule has 1 unspecified atom stereocenters. The molecule has 0 amide bonds. The van der Waals surface area contributed by atoms with Gasteiger partial charge in [0.25, 0.3) is 0 Å². The van der Waals surface area contributed by atoms with Gasteiger partial charge in [0.2, 0.25) is 0 Å². The van der Waals surface area contributed by atoms with Crippen LogP contribution >= 0.6 is 0 Å². The summed E-state index contributed by atoms with van der Waals surface area (Å²) >= 11 is 0. The maximum atomic E-state index is 6.01. The predicted octanol–water partition coefficient (Wildman–Crippen LogP) is 3.91. The van der Waals surface area contributed by atoms with Crippen molar-refractivity contribution in [2.75, 3.05) is 7.11 Å². The molecule has 112 valence electrons. The van der Waals surface area contributed by atoms with Gasteiger partial charge in [0, 0.05) is 17.2 Å². The fourth-order valence-electron chi connectivity index (χ4n) is 2.32. The van der Waals surface area contributed by atoms with Gasteiger partial charge in [-0.2, -0.15) is 0 Å². The Balaban J connectivity index is 2.24. The van der Waals surface area contributed by atoms with Crippen LogP contribution in [0.15, 0.2) is 36.4 Å². The highest BCUT2D eigenvalue weighted by atomic mass is 16.5. The topological polar surface area (TPSA) is 44.5 Å². The smallest absolute Gasteiger partial charge is 0.125 e. The van der Waals surface area contributed by atoms with Crippen LogP contribution in [0.1, 0.15) is 35.2 Å². The molecule has 0 radical (unpaired) electrons. The summed E-state index contributed by atoms with van der Waals surface area (Å²) in [6.07, 6.45) is 0. The molecule has 0 saturated carbocycles. The van der Waals surface area contributed by atoms with E-state index in [4.69, 9.17) is 15.2 Å². The quantitative estimate of drug-likeness (QED) is 0.905. The molecular formula is C18H23NO2. The van der Waals surface area contributed by atoms with E-state index in [1.165, 1.54) is 5.56 Å². The van der Waals surface area contributed by atoms with E-state index in [9.17, 15) is 0 Å². The first-order valence-corrected chi connectivity index (χ1v) is 7.13. The summed E-state index contributed by atoms with van der Waals surface area (Å²) in [5.41, 5.74) is 10.4. The Morgan fingerprint density at radius 2 is 1.67 bits per heavy atom. The Morgan fingerprint density at radius 1 is 1.00 bits per heavy atom. The lowest BCUT2D eigenvalue weighted by Gasteiger charge is -2.16. The maximum absolute atomic E-state index is 6.01. The molecule has 0 saturated heterocycles. The van der Waals surface area contributed by atoms with Gasteiger partial charge in [-0.3, -0.25) is 0 Å². The van der Waals surface area contributed by atoms with E-state index in [1.54, 1.807) is 7.11 Å². The lowest BCUT2D eigenvalue weighted by atomic mass is 10.1. The summed E-state index contributed by atoms with van der Waals surface area (Å²) in [4.78, 5) is 0. The number of aryl methyl sites for hydroxylation is 2. The number of methoxy groups -OCH3 is 1. The molecule has 0 bridgehead atoms. The Bertz CT molecular complexity index is 621. The van der Waals surface area contributed by atoms with Crippen LogP contribution in [0.25, 0.3) is 0 Å². The van der Waals surface area contributed by atoms with Crippen molar-refractivity contribution < 1.29 is 9.47 Å². The fraction of sp³-hybridized carbons (Fsp3) is 0.333. The summed E-state index contributed by atoms with van der Waals surface area (Å²) in [5, 5.41) is 0. The molecule has 2 aromatic carbocycles. The molecule has 0 spiro atoms. The van der Waals surface area contributed by atoms with Crippen molar-refractivity contribution >= 4 is 0 Å². The highest BCUT2D eigenvalue weighted by molar-refractivity contribution is 5.40. The first kappa shape index (κ1) is 15.4. The second kappa shape index (κ2) is 6.64. The molecule has 3 heteroatoms. The predicted molar refractivity (Wildman–Crippen MR) is 85.8 cm³/mol. The van der Waals surface area contributed by atoms with Crippen LogP contribution in [0.4, 0.5) is 0 Å². The molecule has 2 aromatic rings. The average molecular weight is 285 g/mol. The van der Waals surface area contributed by atoms with Crippen LogP contribution in [0.3, 0.4) is 0 Å². The summed E-state index contributed by atoms with van der Waals surface area (Å²) in [7, 11) is 1.67. The summed E-state index contributed by atoms with van der Waals surface area (Å²) in [5.74, 6) is 1.68. The van der Waals surface area contributed by atoms with Crippen molar-refractivity contribution in [1.29, 1.82) is 0 Å². The minimum Gasteiger partial charge on any atom is -0.496 e. The molecule has 0 aliphatic carbocycles. The van der Waals surface area contributed by atoms with Crippen LogP contribution in [0.5, 0.6) is 11.5 Å². The van der Waals surface area contributed by atoms with Crippen LogP contribution in [0.2, 0.25) is 0 Å². The number of ether oxygens (including phenoxy) is 2. The Hall–Kier alpha value is -2.00. The van der Waals surface area contributed by atoms with Gasteiger partial charge in [0.15, 0.2) is 0 Å². The molecular weight excluding hydrogens is 262 g/mol. The Morgan fingerprint density at radius 3 is 2.33 bits per heavy atom. The highest BCUT2D eigenvalue weighted by Gasteiger charge is 2.10. The Kier molecular flexibility index (Phi) is 4.86. The van der Waals surface area contributed by atoms with E-state index in [-0.39, 0.29) is 6.04 Å². The van der Waals surface area contributed by atoms with Crippen molar-refractivity contribution in [3.8, 4) is 11.5 Å². The average Bonchev–Trinajstić information content (AvgIpc) is 2.45. The third-order valence-corrected chi connectivity index (χ3v) is 3.48. The first-order chi connectivity index (χ1) is 10.0. The number of rotatable bonds is 5. The van der Waals surface area contributed by atoms with Gasteiger partial charge in [-0.15, -0.1) is 0 Å². The van der Waals surface area contributed by atoms with Gasteiger partial charge in [0.1, 0.15) is 18.1 Å². The largest absolute Gasteiger partial charge is 0.496 e. The summed E-state index contributed by atoms with van der Waals surface area (Å²) in [6, 6.07) is 12.1. The van der Waals surface area contributed by atoms with Crippen LogP contribution in [-0.2, 0) is 6.61 Å². The highest BCUT2D eigenvalue weighted by Crippen LogP contribution is 2.27. The van der Waals surface area contributed by atoms with Gasteiger partial charge in [0.05, 0.1) is 7.11 Å². The van der Waals surface area contributed by atoms with Crippen molar-refractivity contribution in [1.82, 2.24) is 0 Å². The molecule has 0 aromatic heterocycles.